The van der Waals surface area contributed by atoms with Crippen LogP contribution < -0.4 is 5.32 Å². The zero-order chi connectivity index (χ0) is 32.6. The van der Waals surface area contributed by atoms with Crippen molar-refractivity contribution in [3.63, 3.8) is 0 Å². The first-order chi connectivity index (χ1) is 23.0. The van der Waals surface area contributed by atoms with E-state index in [0.717, 1.165) is 46.3 Å². The third kappa shape index (κ3) is 8.05. The van der Waals surface area contributed by atoms with Gasteiger partial charge in [0.1, 0.15) is 0 Å². The number of amides is 1. The molecule has 0 unspecified atom stereocenters. The number of rotatable bonds is 11. The average Bonchev–Trinajstić information content (AvgIpc) is 3.14. The van der Waals surface area contributed by atoms with Crippen LogP contribution in [0.15, 0.2) is 133 Å². The Morgan fingerprint density at radius 1 is 0.809 bits per heavy atom. The number of hydrogen-bond acceptors (Lipinski definition) is 5. The van der Waals surface area contributed by atoms with Crippen LogP contribution in [0.4, 0.5) is 0 Å². The zero-order valence-corrected chi connectivity index (χ0v) is 27.0. The molecule has 6 nitrogen and oxygen atoms in total. The summed E-state index contributed by atoms with van der Waals surface area (Å²) in [5, 5.41) is 12.6. The van der Waals surface area contributed by atoms with Crippen LogP contribution in [0.3, 0.4) is 0 Å². The molecule has 47 heavy (non-hydrogen) atoms. The molecule has 1 aliphatic heterocycles. The lowest BCUT2D eigenvalue weighted by Crippen LogP contribution is -2.38. The van der Waals surface area contributed by atoms with Crippen molar-refractivity contribution in [1.29, 1.82) is 0 Å². The van der Waals surface area contributed by atoms with E-state index in [4.69, 9.17) is 9.47 Å². The molecule has 0 aliphatic carbocycles. The fourth-order valence-corrected chi connectivity index (χ4v) is 6.14. The van der Waals surface area contributed by atoms with E-state index >= 15 is 0 Å². The number of aliphatic hydroxyl groups excluding tert-OH is 1. The molecule has 1 aliphatic rings. The Morgan fingerprint density at radius 2 is 1.45 bits per heavy atom. The van der Waals surface area contributed by atoms with Crippen molar-refractivity contribution in [3.8, 4) is 11.1 Å². The maximum absolute atomic E-state index is 12.7. The lowest BCUT2D eigenvalue weighted by molar-refractivity contribution is -0.253. The van der Waals surface area contributed by atoms with Crippen LogP contribution in [0, 0.1) is 0 Å². The van der Waals surface area contributed by atoms with Crippen molar-refractivity contribution in [2.45, 2.75) is 51.0 Å². The molecule has 6 rings (SSSR count). The molecule has 6 heteroatoms. The molecule has 5 aromatic carbocycles. The number of likely N-dealkylation sites (N-methyl/N-ethyl adjacent to an activating group) is 1. The van der Waals surface area contributed by atoms with Gasteiger partial charge in [-0.05, 0) is 59.5 Å². The van der Waals surface area contributed by atoms with E-state index < -0.39 is 6.29 Å². The smallest absolute Gasteiger partial charge is 0.251 e. The van der Waals surface area contributed by atoms with E-state index in [2.05, 4.69) is 78.8 Å². The van der Waals surface area contributed by atoms with E-state index in [9.17, 15) is 9.90 Å². The summed E-state index contributed by atoms with van der Waals surface area (Å²) < 4.78 is 13.3. The van der Waals surface area contributed by atoms with Crippen molar-refractivity contribution in [1.82, 2.24) is 10.2 Å². The van der Waals surface area contributed by atoms with Crippen molar-refractivity contribution < 1.29 is 19.4 Å². The molecule has 0 radical (unpaired) electrons. The van der Waals surface area contributed by atoms with Gasteiger partial charge in [0, 0.05) is 36.7 Å². The minimum atomic E-state index is -0.536. The summed E-state index contributed by atoms with van der Waals surface area (Å²) in [7, 11) is 2.14. The molecule has 5 aromatic rings. The van der Waals surface area contributed by atoms with Gasteiger partial charge in [-0.3, -0.25) is 9.69 Å². The third-order valence-corrected chi connectivity index (χ3v) is 9.04. The molecular weight excluding hydrogens is 584 g/mol. The molecule has 0 bridgehead atoms. The van der Waals surface area contributed by atoms with E-state index in [1.54, 1.807) is 0 Å². The Balaban J connectivity index is 1.20. The minimum Gasteiger partial charge on any atom is -0.392 e. The third-order valence-electron chi connectivity index (χ3n) is 9.04. The Labute approximate surface area is 277 Å². The predicted octanol–water partition coefficient (Wildman–Crippen LogP) is 8.01. The maximum Gasteiger partial charge on any atom is 0.251 e. The van der Waals surface area contributed by atoms with Gasteiger partial charge < -0.3 is 19.9 Å². The highest BCUT2D eigenvalue weighted by Crippen LogP contribution is 2.39. The topological polar surface area (TPSA) is 71.0 Å². The highest BCUT2D eigenvalue weighted by molar-refractivity contribution is 5.94. The number of nitrogens with zero attached hydrogens (tertiary/aromatic N) is 1. The number of hydrogen-bond donors (Lipinski definition) is 2. The van der Waals surface area contributed by atoms with Crippen molar-refractivity contribution in [2.75, 3.05) is 13.6 Å². The number of aliphatic hydroxyl groups is 1. The van der Waals surface area contributed by atoms with Gasteiger partial charge in [0.25, 0.3) is 5.91 Å². The molecule has 2 N–H and O–H groups in total. The second-order valence-corrected chi connectivity index (χ2v) is 12.2. The van der Waals surface area contributed by atoms with Gasteiger partial charge in [-0.2, -0.15) is 0 Å². The van der Waals surface area contributed by atoms with Gasteiger partial charge >= 0.3 is 0 Å². The predicted molar refractivity (Wildman–Crippen MR) is 185 cm³/mol. The number of benzene rings is 5. The summed E-state index contributed by atoms with van der Waals surface area (Å²) in [4.78, 5) is 15.0. The number of carbonyl (C=O) groups is 1. The van der Waals surface area contributed by atoms with E-state index in [1.807, 2.05) is 78.9 Å². The fourth-order valence-electron chi connectivity index (χ4n) is 6.14. The Morgan fingerprint density at radius 3 is 2.15 bits per heavy atom. The van der Waals surface area contributed by atoms with E-state index in [-0.39, 0.29) is 30.8 Å². The standard InChI is InChI=1S/C41H42N2O4/c1-29(31-11-5-3-6-12-31)43(2)27-37-25-39(33-19-17-30(28-44)18-20-33)47-41(46-37)35-23-21-32(22-24-35)38-16-10-9-15-36(38)26-42-40(45)34-13-7-4-8-14-34/h3-24,29,37,39,41,44H,25-28H2,1-2H3,(H,42,45)/t29-,37-,39+,41+/m0/s1. The second kappa shape index (κ2) is 15.3. The van der Waals surface area contributed by atoms with Crippen LogP contribution in [-0.4, -0.2) is 35.6 Å². The summed E-state index contributed by atoms with van der Waals surface area (Å²) in [6.45, 7) is 3.41. The lowest BCUT2D eigenvalue weighted by atomic mass is 9.97. The molecule has 1 fully saturated rings. The Hall–Kier alpha value is -4.59. The van der Waals surface area contributed by atoms with Gasteiger partial charge in [-0.25, -0.2) is 0 Å². The SMILES string of the molecule is C[C@@H](c1ccccc1)N(C)C[C@@H]1C[C@H](c2ccc(CO)cc2)O[C@H](c2ccc(-c3ccccc3CNC(=O)c3ccccc3)cc2)O1. The molecule has 1 amide bonds. The summed E-state index contributed by atoms with van der Waals surface area (Å²) in [6.07, 6.45) is -0.0196. The van der Waals surface area contributed by atoms with Crippen LogP contribution in [0.2, 0.25) is 0 Å². The molecule has 1 saturated heterocycles. The fraction of sp³-hybridized carbons (Fsp3) is 0.244. The van der Waals surface area contributed by atoms with Crippen LogP contribution in [0.1, 0.15) is 70.0 Å². The van der Waals surface area contributed by atoms with Crippen molar-refractivity contribution in [3.05, 3.63) is 167 Å². The van der Waals surface area contributed by atoms with E-state index in [0.29, 0.717) is 12.1 Å². The van der Waals surface area contributed by atoms with Gasteiger partial charge in [0.2, 0.25) is 0 Å². The first kappa shape index (κ1) is 32.4. The Kier molecular flexibility index (Phi) is 10.6. The maximum atomic E-state index is 12.7. The van der Waals surface area contributed by atoms with Crippen LogP contribution in [0.25, 0.3) is 11.1 Å². The van der Waals surface area contributed by atoms with Crippen molar-refractivity contribution in [2.24, 2.45) is 0 Å². The molecular formula is C41H42N2O4. The Bertz CT molecular complexity index is 1730. The largest absolute Gasteiger partial charge is 0.392 e. The number of ether oxygens (including phenoxy) is 2. The number of carbonyl (C=O) groups excluding carboxylic acids is 1. The van der Waals surface area contributed by atoms with Gasteiger partial charge in [-0.1, -0.05) is 121 Å². The van der Waals surface area contributed by atoms with Gasteiger partial charge in [-0.15, -0.1) is 0 Å². The first-order valence-electron chi connectivity index (χ1n) is 16.3. The van der Waals surface area contributed by atoms with E-state index in [1.165, 1.54) is 5.56 Å². The summed E-state index contributed by atoms with van der Waals surface area (Å²) >= 11 is 0. The van der Waals surface area contributed by atoms with Crippen LogP contribution in [-0.2, 0) is 22.6 Å². The first-order valence-corrected chi connectivity index (χ1v) is 16.3. The highest BCUT2D eigenvalue weighted by atomic mass is 16.7. The molecule has 0 aromatic heterocycles. The van der Waals surface area contributed by atoms with Gasteiger partial charge in [0.05, 0.1) is 18.8 Å². The molecule has 0 saturated carbocycles. The molecule has 4 atom stereocenters. The second-order valence-electron chi connectivity index (χ2n) is 12.2. The minimum absolute atomic E-state index is 0.0111. The average molecular weight is 627 g/mol. The molecule has 240 valence electrons. The van der Waals surface area contributed by atoms with Crippen LogP contribution in [0.5, 0.6) is 0 Å². The molecule has 1 heterocycles. The van der Waals surface area contributed by atoms with Crippen LogP contribution >= 0.6 is 0 Å². The van der Waals surface area contributed by atoms with Crippen molar-refractivity contribution >= 4 is 5.91 Å². The highest BCUT2D eigenvalue weighted by Gasteiger charge is 2.33. The normalized spacial score (nSPS) is 18.5. The lowest BCUT2D eigenvalue weighted by Gasteiger charge is -2.39. The zero-order valence-electron chi connectivity index (χ0n) is 27.0. The quantitative estimate of drug-likeness (QED) is 0.155. The summed E-state index contributed by atoms with van der Waals surface area (Å²) in [5.74, 6) is -0.0961. The van der Waals surface area contributed by atoms with Gasteiger partial charge in [0.15, 0.2) is 6.29 Å². The summed E-state index contributed by atoms with van der Waals surface area (Å²) in [6, 6.07) is 44.5. The summed E-state index contributed by atoms with van der Waals surface area (Å²) in [5.41, 5.74) is 7.96. The molecule has 0 spiro atoms. The number of nitrogens with one attached hydrogen (secondary N) is 1. The monoisotopic (exact) mass is 626 g/mol.